The molecule has 2 rings (SSSR count). The summed E-state index contributed by atoms with van der Waals surface area (Å²) in [5.41, 5.74) is 1.07. The first kappa shape index (κ1) is 15.0. The second-order valence-electron chi connectivity index (χ2n) is 4.56. The van der Waals surface area contributed by atoms with E-state index in [-0.39, 0.29) is 0 Å². The van der Waals surface area contributed by atoms with E-state index in [0.29, 0.717) is 18.5 Å². The Labute approximate surface area is 127 Å². The molecule has 0 aliphatic carbocycles. The average Bonchev–Trinajstić information content (AvgIpc) is 2.83. The molecule has 0 saturated heterocycles. The minimum absolute atomic E-state index is 0.302. The van der Waals surface area contributed by atoms with Crippen LogP contribution in [0.2, 0.25) is 0 Å². The molecule has 0 amide bonds. The zero-order valence-electron chi connectivity index (χ0n) is 11.7. The Balaban J connectivity index is 1.88. The number of nitrogens with zero attached hydrogens (tertiary/aromatic N) is 3. The van der Waals surface area contributed by atoms with Crippen molar-refractivity contribution in [3.63, 3.8) is 0 Å². The van der Waals surface area contributed by atoms with Gasteiger partial charge in [-0.15, -0.1) is 0 Å². The monoisotopic (exact) mass is 338 g/mol. The van der Waals surface area contributed by atoms with Crippen molar-refractivity contribution < 1.29 is 4.74 Å². The van der Waals surface area contributed by atoms with Crippen LogP contribution >= 0.6 is 15.9 Å². The second kappa shape index (κ2) is 7.40. The molecular weight excluding hydrogens is 320 g/mol. The smallest absolute Gasteiger partial charge is 0.217 e. The van der Waals surface area contributed by atoms with Gasteiger partial charge in [0.1, 0.15) is 0 Å². The third-order valence-electron chi connectivity index (χ3n) is 2.83. The molecule has 108 valence electrons. The van der Waals surface area contributed by atoms with Crippen molar-refractivity contribution in [2.75, 3.05) is 6.61 Å². The van der Waals surface area contributed by atoms with Crippen molar-refractivity contribution in [3.05, 3.63) is 40.8 Å². The van der Waals surface area contributed by atoms with Gasteiger partial charge in [-0.1, -0.05) is 6.07 Å². The highest BCUT2D eigenvalue weighted by molar-refractivity contribution is 9.10. The molecule has 6 heteroatoms. The van der Waals surface area contributed by atoms with E-state index in [9.17, 15) is 0 Å². The Morgan fingerprint density at radius 1 is 1.50 bits per heavy atom. The highest BCUT2D eigenvalue weighted by Gasteiger charge is 2.07. The molecule has 20 heavy (non-hydrogen) atoms. The van der Waals surface area contributed by atoms with Gasteiger partial charge in [0.05, 0.1) is 23.8 Å². The van der Waals surface area contributed by atoms with Gasteiger partial charge in [0.15, 0.2) is 0 Å². The fourth-order valence-corrected chi connectivity index (χ4v) is 2.22. The van der Waals surface area contributed by atoms with Gasteiger partial charge in [0, 0.05) is 30.5 Å². The third-order valence-corrected chi connectivity index (χ3v) is 3.24. The normalized spacial score (nSPS) is 12.3. The molecule has 2 heterocycles. The minimum Gasteiger partial charge on any atom is -0.478 e. The lowest BCUT2D eigenvalue weighted by Crippen LogP contribution is -2.30. The van der Waals surface area contributed by atoms with Gasteiger partial charge in [0.2, 0.25) is 5.88 Å². The molecule has 0 fully saturated rings. The number of halogens is 1. The van der Waals surface area contributed by atoms with Crippen LogP contribution in [0, 0.1) is 0 Å². The molecule has 0 bridgehead atoms. The van der Waals surface area contributed by atoms with Crippen molar-refractivity contribution in [1.82, 2.24) is 20.1 Å². The molecule has 5 nitrogen and oxygen atoms in total. The van der Waals surface area contributed by atoms with Crippen LogP contribution in [0.5, 0.6) is 5.88 Å². The highest BCUT2D eigenvalue weighted by Crippen LogP contribution is 2.14. The first-order chi connectivity index (χ1) is 9.69. The van der Waals surface area contributed by atoms with Gasteiger partial charge in [0.25, 0.3) is 0 Å². The first-order valence-electron chi connectivity index (χ1n) is 6.67. The van der Waals surface area contributed by atoms with Crippen LogP contribution in [0.4, 0.5) is 0 Å². The molecule has 2 aromatic heterocycles. The van der Waals surface area contributed by atoms with E-state index in [1.54, 1.807) is 12.4 Å². The SMILES string of the molecule is CCOc1ncccc1CN[C@H](C)Cn1cc(Br)cn1. The number of aromatic nitrogens is 3. The number of hydrogen-bond donors (Lipinski definition) is 1. The fraction of sp³-hybridized carbons (Fsp3) is 0.429. The number of rotatable bonds is 7. The number of nitrogens with one attached hydrogen (secondary N) is 1. The van der Waals surface area contributed by atoms with Gasteiger partial charge < -0.3 is 10.1 Å². The molecule has 0 spiro atoms. The molecule has 0 aliphatic rings. The zero-order valence-corrected chi connectivity index (χ0v) is 13.3. The highest BCUT2D eigenvalue weighted by atomic mass is 79.9. The van der Waals surface area contributed by atoms with E-state index in [2.05, 4.69) is 38.3 Å². The Bertz CT molecular complexity index is 543. The Morgan fingerprint density at radius 3 is 3.05 bits per heavy atom. The lowest BCUT2D eigenvalue weighted by atomic mass is 10.2. The topological polar surface area (TPSA) is 52.0 Å². The summed E-state index contributed by atoms with van der Waals surface area (Å²) in [7, 11) is 0. The molecule has 1 N–H and O–H groups in total. The van der Waals surface area contributed by atoms with Crippen LogP contribution in [0.25, 0.3) is 0 Å². The summed E-state index contributed by atoms with van der Waals surface area (Å²) in [6.45, 7) is 6.26. The predicted molar refractivity (Wildman–Crippen MR) is 81.6 cm³/mol. The van der Waals surface area contributed by atoms with E-state index in [1.807, 2.05) is 29.9 Å². The van der Waals surface area contributed by atoms with E-state index >= 15 is 0 Å². The maximum atomic E-state index is 5.52. The summed E-state index contributed by atoms with van der Waals surface area (Å²) in [6.07, 6.45) is 5.51. The van der Waals surface area contributed by atoms with Crippen molar-refractivity contribution in [3.8, 4) is 5.88 Å². The van der Waals surface area contributed by atoms with Crippen molar-refractivity contribution in [1.29, 1.82) is 0 Å². The Morgan fingerprint density at radius 2 is 2.35 bits per heavy atom. The quantitative estimate of drug-likeness (QED) is 0.843. The number of ether oxygens (including phenoxy) is 1. The summed E-state index contributed by atoms with van der Waals surface area (Å²) in [4.78, 5) is 4.25. The summed E-state index contributed by atoms with van der Waals surface area (Å²) in [6, 6.07) is 4.26. The summed E-state index contributed by atoms with van der Waals surface area (Å²) >= 11 is 3.40. The molecule has 0 radical (unpaired) electrons. The lowest BCUT2D eigenvalue weighted by Gasteiger charge is -2.15. The molecule has 0 unspecified atom stereocenters. The summed E-state index contributed by atoms with van der Waals surface area (Å²) in [5.74, 6) is 0.705. The van der Waals surface area contributed by atoms with Gasteiger partial charge in [-0.25, -0.2) is 4.98 Å². The largest absolute Gasteiger partial charge is 0.478 e. The standard InChI is InChI=1S/C14H19BrN4O/c1-3-20-14-12(5-4-6-16-14)7-17-11(2)9-19-10-13(15)8-18-19/h4-6,8,10-11,17H,3,7,9H2,1-2H3/t11-/m1/s1. The fourth-order valence-electron chi connectivity index (χ4n) is 1.89. The lowest BCUT2D eigenvalue weighted by molar-refractivity contribution is 0.320. The van der Waals surface area contributed by atoms with E-state index in [0.717, 1.165) is 23.1 Å². The summed E-state index contributed by atoms with van der Waals surface area (Å²) < 4.78 is 8.42. The van der Waals surface area contributed by atoms with E-state index < -0.39 is 0 Å². The van der Waals surface area contributed by atoms with Crippen LogP contribution in [0.1, 0.15) is 19.4 Å². The molecule has 0 saturated carbocycles. The van der Waals surface area contributed by atoms with Crippen LogP contribution in [-0.2, 0) is 13.1 Å². The summed E-state index contributed by atoms with van der Waals surface area (Å²) in [5, 5.41) is 7.71. The van der Waals surface area contributed by atoms with E-state index in [1.165, 1.54) is 0 Å². The molecule has 0 aliphatic heterocycles. The first-order valence-corrected chi connectivity index (χ1v) is 7.46. The molecule has 1 atom stereocenters. The number of pyridine rings is 1. The molecule has 0 aromatic carbocycles. The van der Waals surface area contributed by atoms with Crippen LogP contribution < -0.4 is 10.1 Å². The minimum atomic E-state index is 0.302. The van der Waals surface area contributed by atoms with Crippen LogP contribution in [0.3, 0.4) is 0 Å². The van der Waals surface area contributed by atoms with Gasteiger partial charge in [-0.3, -0.25) is 4.68 Å². The predicted octanol–water partition coefficient (Wildman–Crippen LogP) is 2.62. The van der Waals surface area contributed by atoms with Crippen LogP contribution in [0.15, 0.2) is 35.2 Å². The van der Waals surface area contributed by atoms with Gasteiger partial charge >= 0.3 is 0 Å². The maximum Gasteiger partial charge on any atom is 0.217 e. The zero-order chi connectivity index (χ0) is 14.4. The van der Waals surface area contributed by atoms with Crippen molar-refractivity contribution in [2.24, 2.45) is 0 Å². The maximum absolute atomic E-state index is 5.52. The van der Waals surface area contributed by atoms with Crippen LogP contribution in [-0.4, -0.2) is 27.4 Å². The van der Waals surface area contributed by atoms with Gasteiger partial charge in [-0.2, -0.15) is 5.10 Å². The number of hydrogen-bond acceptors (Lipinski definition) is 4. The van der Waals surface area contributed by atoms with Crippen molar-refractivity contribution in [2.45, 2.75) is 33.0 Å². The Kier molecular flexibility index (Phi) is 5.55. The third kappa shape index (κ3) is 4.31. The molecule has 2 aromatic rings. The van der Waals surface area contributed by atoms with E-state index in [4.69, 9.17) is 4.74 Å². The second-order valence-corrected chi connectivity index (χ2v) is 5.48. The molecular formula is C14H19BrN4O. The van der Waals surface area contributed by atoms with Gasteiger partial charge in [-0.05, 0) is 35.8 Å². The van der Waals surface area contributed by atoms with Crippen molar-refractivity contribution >= 4 is 15.9 Å². The Hall–Kier alpha value is -1.40. The average molecular weight is 339 g/mol.